The second kappa shape index (κ2) is 6.02. The van der Waals surface area contributed by atoms with E-state index in [-0.39, 0.29) is 0 Å². The van der Waals surface area contributed by atoms with E-state index in [9.17, 15) is 0 Å². The van der Waals surface area contributed by atoms with E-state index < -0.39 is 0 Å². The predicted molar refractivity (Wildman–Crippen MR) is 79.5 cm³/mol. The second-order valence-electron chi connectivity index (χ2n) is 5.91. The third kappa shape index (κ3) is 3.25. The lowest BCUT2D eigenvalue weighted by Gasteiger charge is -2.26. The molecule has 0 radical (unpaired) electrons. The zero-order valence-corrected chi connectivity index (χ0v) is 12.4. The summed E-state index contributed by atoms with van der Waals surface area (Å²) in [5.74, 6) is 2.66. The fraction of sp³-hybridized carbons (Fsp3) is 0.625. The largest absolute Gasteiger partial charge is 0.486 e. The van der Waals surface area contributed by atoms with Crippen LogP contribution < -0.4 is 14.8 Å². The molecule has 1 aromatic rings. The van der Waals surface area contributed by atoms with Gasteiger partial charge in [-0.2, -0.15) is 0 Å². The molecular formula is C16H24N2O2. The molecule has 0 spiro atoms. The highest BCUT2D eigenvalue weighted by molar-refractivity contribution is 5.44. The van der Waals surface area contributed by atoms with Crippen LogP contribution in [0.2, 0.25) is 0 Å². The van der Waals surface area contributed by atoms with Crippen molar-refractivity contribution in [3.05, 3.63) is 23.8 Å². The first kappa shape index (κ1) is 13.7. The predicted octanol–water partition coefficient (Wildman–Crippen LogP) is 2.06. The molecule has 4 nitrogen and oxygen atoms in total. The number of rotatable bonds is 6. The number of benzene rings is 1. The van der Waals surface area contributed by atoms with Gasteiger partial charge in [-0.3, -0.25) is 0 Å². The van der Waals surface area contributed by atoms with Crippen molar-refractivity contribution in [3.8, 4) is 11.5 Å². The highest BCUT2D eigenvalue weighted by atomic mass is 16.6. The number of hydrogen-bond acceptors (Lipinski definition) is 4. The maximum atomic E-state index is 5.67. The topological polar surface area (TPSA) is 33.7 Å². The summed E-state index contributed by atoms with van der Waals surface area (Å²) in [6, 6.07) is 6.60. The van der Waals surface area contributed by atoms with E-state index in [4.69, 9.17) is 9.47 Å². The molecule has 1 atom stereocenters. The summed E-state index contributed by atoms with van der Waals surface area (Å²) in [6.45, 7) is 3.52. The molecule has 0 aromatic heterocycles. The standard InChI is InChI=1S/C16H24N2O2/c1-17-14(11-18(2)10-12-3-4-12)13-5-6-15-16(9-13)20-8-7-19-15/h5-6,9,12,14,17H,3-4,7-8,10-11H2,1-2H3. The van der Waals surface area contributed by atoms with Crippen LogP contribution >= 0.6 is 0 Å². The lowest BCUT2D eigenvalue weighted by Crippen LogP contribution is -2.32. The van der Waals surface area contributed by atoms with Crippen LogP contribution in [-0.4, -0.2) is 45.3 Å². The molecule has 2 aliphatic rings. The van der Waals surface area contributed by atoms with Crippen LogP contribution in [0.15, 0.2) is 18.2 Å². The Morgan fingerprint density at radius 1 is 1.25 bits per heavy atom. The van der Waals surface area contributed by atoms with Crippen LogP contribution in [0.5, 0.6) is 11.5 Å². The normalized spacial score (nSPS) is 19.1. The van der Waals surface area contributed by atoms with Gasteiger partial charge in [0.1, 0.15) is 13.2 Å². The summed E-state index contributed by atoms with van der Waals surface area (Å²) in [4.78, 5) is 2.43. The zero-order valence-electron chi connectivity index (χ0n) is 12.4. The number of fused-ring (bicyclic) bond motifs is 1. The smallest absolute Gasteiger partial charge is 0.161 e. The minimum atomic E-state index is 0.328. The van der Waals surface area contributed by atoms with E-state index in [1.54, 1.807) is 0 Å². The Hall–Kier alpha value is -1.26. The van der Waals surface area contributed by atoms with Gasteiger partial charge in [-0.05, 0) is 50.6 Å². The quantitative estimate of drug-likeness (QED) is 0.862. The van der Waals surface area contributed by atoms with Gasteiger partial charge < -0.3 is 19.7 Å². The van der Waals surface area contributed by atoms with Gasteiger partial charge in [-0.25, -0.2) is 0 Å². The number of nitrogens with one attached hydrogen (secondary N) is 1. The van der Waals surface area contributed by atoms with Crippen molar-refractivity contribution < 1.29 is 9.47 Å². The summed E-state index contributed by atoms with van der Waals surface area (Å²) >= 11 is 0. The molecule has 0 amide bonds. The molecule has 1 fully saturated rings. The average molecular weight is 276 g/mol. The molecular weight excluding hydrogens is 252 g/mol. The molecule has 1 aliphatic heterocycles. The molecule has 1 aromatic carbocycles. The number of hydrogen-bond donors (Lipinski definition) is 1. The lowest BCUT2D eigenvalue weighted by molar-refractivity contribution is 0.171. The minimum absolute atomic E-state index is 0.328. The molecule has 1 heterocycles. The van der Waals surface area contributed by atoms with Crippen LogP contribution in [0.1, 0.15) is 24.4 Å². The summed E-state index contributed by atoms with van der Waals surface area (Å²) < 4.78 is 11.2. The third-order valence-electron chi connectivity index (χ3n) is 4.08. The summed E-state index contributed by atoms with van der Waals surface area (Å²) in [6.07, 6.45) is 2.80. The molecule has 1 saturated carbocycles. The number of nitrogens with zero attached hydrogens (tertiary/aromatic N) is 1. The molecule has 0 bridgehead atoms. The lowest BCUT2D eigenvalue weighted by atomic mass is 10.1. The summed E-state index contributed by atoms with van der Waals surface area (Å²) in [7, 11) is 4.23. The van der Waals surface area contributed by atoms with Crippen molar-refractivity contribution in [1.82, 2.24) is 10.2 Å². The molecule has 4 heteroatoms. The van der Waals surface area contributed by atoms with Crippen molar-refractivity contribution in [2.45, 2.75) is 18.9 Å². The van der Waals surface area contributed by atoms with Crippen molar-refractivity contribution in [2.75, 3.05) is 40.4 Å². The van der Waals surface area contributed by atoms with Gasteiger partial charge in [0.25, 0.3) is 0 Å². The molecule has 1 unspecified atom stereocenters. The zero-order chi connectivity index (χ0) is 13.9. The highest BCUT2D eigenvalue weighted by Crippen LogP contribution is 2.33. The van der Waals surface area contributed by atoms with E-state index in [2.05, 4.69) is 29.4 Å². The van der Waals surface area contributed by atoms with Gasteiger partial charge in [0.2, 0.25) is 0 Å². The van der Waals surface area contributed by atoms with E-state index in [0.717, 1.165) is 24.0 Å². The van der Waals surface area contributed by atoms with E-state index in [1.165, 1.54) is 24.9 Å². The van der Waals surface area contributed by atoms with Gasteiger partial charge in [-0.15, -0.1) is 0 Å². The van der Waals surface area contributed by atoms with Crippen LogP contribution in [0.4, 0.5) is 0 Å². The highest BCUT2D eigenvalue weighted by Gasteiger charge is 2.24. The molecule has 0 saturated heterocycles. The Labute approximate surface area is 121 Å². The molecule has 110 valence electrons. The Morgan fingerprint density at radius 2 is 2.00 bits per heavy atom. The van der Waals surface area contributed by atoms with E-state index in [0.29, 0.717) is 19.3 Å². The van der Waals surface area contributed by atoms with Gasteiger partial charge in [0.05, 0.1) is 0 Å². The van der Waals surface area contributed by atoms with Crippen LogP contribution in [0, 0.1) is 5.92 Å². The van der Waals surface area contributed by atoms with Gasteiger partial charge in [0, 0.05) is 19.1 Å². The molecule has 1 aliphatic carbocycles. The first-order valence-electron chi connectivity index (χ1n) is 7.51. The van der Waals surface area contributed by atoms with Crippen LogP contribution in [0.3, 0.4) is 0 Å². The maximum Gasteiger partial charge on any atom is 0.161 e. The SMILES string of the molecule is CNC(CN(C)CC1CC1)c1ccc2c(c1)OCCO2. The first-order chi connectivity index (χ1) is 9.76. The number of likely N-dealkylation sites (N-methyl/N-ethyl adjacent to an activating group) is 2. The average Bonchev–Trinajstić information content (AvgIpc) is 3.28. The Balaban J connectivity index is 1.67. The molecule has 3 rings (SSSR count). The fourth-order valence-corrected chi connectivity index (χ4v) is 2.77. The number of ether oxygens (including phenoxy) is 2. The van der Waals surface area contributed by atoms with Gasteiger partial charge >= 0.3 is 0 Å². The van der Waals surface area contributed by atoms with E-state index in [1.807, 2.05) is 13.1 Å². The van der Waals surface area contributed by atoms with Crippen molar-refractivity contribution >= 4 is 0 Å². The Kier molecular flexibility index (Phi) is 4.13. The molecule has 20 heavy (non-hydrogen) atoms. The van der Waals surface area contributed by atoms with Crippen molar-refractivity contribution in [2.24, 2.45) is 5.92 Å². The third-order valence-corrected chi connectivity index (χ3v) is 4.08. The second-order valence-corrected chi connectivity index (χ2v) is 5.91. The fourth-order valence-electron chi connectivity index (χ4n) is 2.77. The van der Waals surface area contributed by atoms with E-state index >= 15 is 0 Å². The summed E-state index contributed by atoms with van der Waals surface area (Å²) in [5, 5.41) is 3.41. The van der Waals surface area contributed by atoms with Gasteiger partial charge in [0.15, 0.2) is 11.5 Å². The van der Waals surface area contributed by atoms with Crippen molar-refractivity contribution in [3.63, 3.8) is 0 Å². The minimum Gasteiger partial charge on any atom is -0.486 e. The monoisotopic (exact) mass is 276 g/mol. The van der Waals surface area contributed by atoms with Crippen molar-refractivity contribution in [1.29, 1.82) is 0 Å². The van der Waals surface area contributed by atoms with Crippen LogP contribution in [0.25, 0.3) is 0 Å². The van der Waals surface area contributed by atoms with Crippen LogP contribution in [-0.2, 0) is 0 Å². The maximum absolute atomic E-state index is 5.67. The summed E-state index contributed by atoms with van der Waals surface area (Å²) in [5.41, 5.74) is 1.26. The van der Waals surface area contributed by atoms with Gasteiger partial charge in [-0.1, -0.05) is 6.07 Å². The Morgan fingerprint density at radius 3 is 2.70 bits per heavy atom. The molecule has 1 N–H and O–H groups in total. The first-order valence-corrected chi connectivity index (χ1v) is 7.51. The Bertz CT molecular complexity index is 460.